The minimum Gasteiger partial charge on any atom is -0.327 e. The number of amides is 2. The van der Waals surface area contributed by atoms with E-state index >= 15 is 0 Å². The maximum absolute atomic E-state index is 13.3. The molecule has 0 radical (unpaired) electrons. The van der Waals surface area contributed by atoms with Gasteiger partial charge in [0, 0.05) is 69.1 Å². The number of aromatic nitrogens is 4. The summed E-state index contributed by atoms with van der Waals surface area (Å²) in [6.07, 6.45) is 1.41. The predicted octanol–water partition coefficient (Wildman–Crippen LogP) is 4.37. The highest BCUT2D eigenvalue weighted by Crippen LogP contribution is 2.40. The van der Waals surface area contributed by atoms with E-state index < -0.39 is 5.91 Å². The Hall–Kier alpha value is -3.74. The van der Waals surface area contributed by atoms with Crippen LogP contribution in [0.4, 0.5) is 11.4 Å². The molecule has 218 valence electrons. The van der Waals surface area contributed by atoms with Gasteiger partial charge in [0.25, 0.3) is 11.8 Å². The van der Waals surface area contributed by atoms with Crippen molar-refractivity contribution in [3.05, 3.63) is 80.9 Å². The van der Waals surface area contributed by atoms with Crippen LogP contribution in [0.2, 0.25) is 10.0 Å². The quantitative estimate of drug-likeness (QED) is 0.308. The number of nitrogens with zero attached hydrogens (tertiary/aromatic N) is 6. The minimum atomic E-state index is -0.425. The Labute approximate surface area is 252 Å². The summed E-state index contributed by atoms with van der Waals surface area (Å²) < 4.78 is 3.59. The van der Waals surface area contributed by atoms with Gasteiger partial charge >= 0.3 is 0 Å². The molecule has 0 saturated heterocycles. The van der Waals surface area contributed by atoms with Crippen molar-refractivity contribution in [2.24, 2.45) is 14.1 Å². The molecule has 3 N–H and O–H groups in total. The molecular formula is C29H30Cl2N8O3. The van der Waals surface area contributed by atoms with Crippen LogP contribution in [0.3, 0.4) is 0 Å². The van der Waals surface area contributed by atoms with Crippen LogP contribution in [0.5, 0.6) is 0 Å². The lowest BCUT2D eigenvalue weighted by atomic mass is 10.0. The maximum atomic E-state index is 13.3. The summed E-state index contributed by atoms with van der Waals surface area (Å²) >= 11 is 13.6. The van der Waals surface area contributed by atoms with E-state index in [-0.39, 0.29) is 23.3 Å². The lowest BCUT2D eigenvalue weighted by molar-refractivity contribution is -0.104. The highest BCUT2D eigenvalue weighted by atomic mass is 35.5. The van der Waals surface area contributed by atoms with E-state index in [0.717, 1.165) is 30.0 Å². The molecule has 13 heteroatoms. The van der Waals surface area contributed by atoms with Crippen molar-refractivity contribution in [1.82, 2.24) is 29.1 Å². The summed E-state index contributed by atoms with van der Waals surface area (Å²) in [5.41, 5.74) is 5.52. The van der Waals surface area contributed by atoms with E-state index in [1.54, 1.807) is 48.0 Å². The highest BCUT2D eigenvalue weighted by Gasteiger charge is 2.27. The second-order valence-electron chi connectivity index (χ2n) is 10.6. The van der Waals surface area contributed by atoms with E-state index in [1.165, 1.54) is 5.06 Å². The molecule has 0 fully saturated rings. The standard InChI is InChI=1S/C29H30Cl2N8O3/c1-36-12-10-22-20(14-36)32-26(37(22)2)28(40)34-18-8-4-6-16(24(18)30)17-7-5-9-19(25(17)31)35-29(41)27-33-21-15-39(42)13-11-23(21)38(27)3/h4-9,42H,10-15H2,1-3H3,(H,34,40)(H,35,41). The topological polar surface area (TPSA) is 121 Å². The zero-order valence-corrected chi connectivity index (χ0v) is 24.9. The van der Waals surface area contributed by atoms with E-state index in [0.29, 0.717) is 58.6 Å². The first-order valence-electron chi connectivity index (χ1n) is 13.5. The summed E-state index contributed by atoms with van der Waals surface area (Å²) in [6, 6.07) is 10.6. The number of nitrogens with one attached hydrogen (secondary N) is 2. The van der Waals surface area contributed by atoms with Gasteiger partial charge in [0.1, 0.15) is 0 Å². The molecule has 0 saturated carbocycles. The van der Waals surface area contributed by atoms with Gasteiger partial charge in [-0.25, -0.2) is 9.97 Å². The SMILES string of the molecule is CN1CCc2c(nc(C(=O)Nc3cccc(-c4cccc(NC(=O)c5nc6c(n5C)CCN(O)C6)c4Cl)c3Cl)n2C)C1. The van der Waals surface area contributed by atoms with Crippen LogP contribution >= 0.6 is 23.2 Å². The maximum Gasteiger partial charge on any atom is 0.291 e. The van der Waals surface area contributed by atoms with Crippen LogP contribution in [0, 0.1) is 0 Å². The summed E-state index contributed by atoms with van der Waals surface area (Å²) in [4.78, 5) is 37.7. The lowest BCUT2D eigenvalue weighted by Gasteiger charge is -2.21. The van der Waals surface area contributed by atoms with Gasteiger partial charge in [-0.05, 0) is 19.2 Å². The van der Waals surface area contributed by atoms with E-state index in [2.05, 4.69) is 25.5 Å². The molecule has 42 heavy (non-hydrogen) atoms. The summed E-state index contributed by atoms with van der Waals surface area (Å²) in [5, 5.41) is 17.4. The predicted molar refractivity (Wildman–Crippen MR) is 160 cm³/mol. The number of hydrogen-bond acceptors (Lipinski definition) is 7. The fraction of sp³-hybridized carbons (Fsp3) is 0.310. The Morgan fingerprint density at radius 3 is 1.76 bits per heavy atom. The molecule has 0 bridgehead atoms. The summed E-state index contributed by atoms with van der Waals surface area (Å²) in [6.45, 7) is 2.34. The van der Waals surface area contributed by atoms with Crippen molar-refractivity contribution in [1.29, 1.82) is 0 Å². The number of imidazole rings is 2. The van der Waals surface area contributed by atoms with Crippen LogP contribution < -0.4 is 10.6 Å². The molecular weight excluding hydrogens is 579 g/mol. The molecule has 11 nitrogen and oxygen atoms in total. The number of halogens is 2. The van der Waals surface area contributed by atoms with Crippen LogP contribution in [0.15, 0.2) is 36.4 Å². The molecule has 0 spiro atoms. The number of likely N-dealkylation sites (N-methyl/N-ethyl adjacent to an activating group) is 1. The molecule has 2 aromatic heterocycles. The Bertz CT molecular complexity index is 1600. The van der Waals surface area contributed by atoms with E-state index in [9.17, 15) is 14.8 Å². The number of fused-ring (bicyclic) bond motifs is 2. The zero-order valence-electron chi connectivity index (χ0n) is 23.4. The van der Waals surface area contributed by atoms with Gasteiger partial charge in [-0.15, -0.1) is 0 Å². The highest BCUT2D eigenvalue weighted by molar-refractivity contribution is 6.40. The number of benzene rings is 2. The normalized spacial score (nSPS) is 15.3. The third-order valence-corrected chi connectivity index (χ3v) is 8.69. The Kier molecular flexibility index (Phi) is 7.54. The van der Waals surface area contributed by atoms with Crippen molar-refractivity contribution < 1.29 is 14.8 Å². The Morgan fingerprint density at radius 2 is 1.24 bits per heavy atom. The number of carbonyl (C=O) groups is 2. The van der Waals surface area contributed by atoms with Crippen LogP contribution in [-0.4, -0.2) is 66.2 Å². The number of rotatable bonds is 5. The molecule has 2 aromatic carbocycles. The molecule has 0 unspecified atom stereocenters. The second-order valence-corrected chi connectivity index (χ2v) is 11.4. The monoisotopic (exact) mass is 608 g/mol. The fourth-order valence-corrected chi connectivity index (χ4v) is 6.16. The number of hydroxylamine groups is 2. The average Bonchev–Trinajstić information content (AvgIpc) is 3.46. The molecule has 0 atom stereocenters. The summed E-state index contributed by atoms with van der Waals surface area (Å²) in [7, 11) is 5.67. The van der Waals surface area contributed by atoms with Crippen molar-refractivity contribution in [3.8, 4) is 11.1 Å². The number of anilines is 2. The molecule has 0 aliphatic carbocycles. The van der Waals surface area contributed by atoms with Crippen molar-refractivity contribution >= 4 is 46.4 Å². The average molecular weight is 610 g/mol. The van der Waals surface area contributed by atoms with Crippen molar-refractivity contribution in [2.45, 2.75) is 25.9 Å². The van der Waals surface area contributed by atoms with Gasteiger partial charge in [-0.2, -0.15) is 5.06 Å². The summed E-state index contributed by atoms with van der Waals surface area (Å²) in [5.74, 6) is -0.237. The van der Waals surface area contributed by atoms with Gasteiger partial charge in [-0.1, -0.05) is 47.5 Å². The third-order valence-electron chi connectivity index (χ3n) is 7.87. The first-order chi connectivity index (χ1) is 20.1. The molecule has 2 amide bonds. The molecule has 2 aliphatic heterocycles. The molecule has 2 aliphatic rings. The Balaban J connectivity index is 1.25. The van der Waals surface area contributed by atoms with Gasteiger partial charge in [0.2, 0.25) is 0 Å². The third kappa shape index (κ3) is 5.07. The van der Waals surface area contributed by atoms with Crippen LogP contribution in [0.25, 0.3) is 11.1 Å². The minimum absolute atomic E-state index is 0.224. The molecule has 4 heterocycles. The zero-order chi connectivity index (χ0) is 29.7. The van der Waals surface area contributed by atoms with Gasteiger partial charge in [0.15, 0.2) is 11.6 Å². The first kappa shape index (κ1) is 28.4. The van der Waals surface area contributed by atoms with Crippen molar-refractivity contribution in [2.75, 3.05) is 30.8 Å². The fourth-order valence-electron chi connectivity index (χ4n) is 5.61. The van der Waals surface area contributed by atoms with E-state index in [1.807, 2.05) is 18.7 Å². The number of hydrogen-bond donors (Lipinski definition) is 3. The lowest BCUT2D eigenvalue weighted by Crippen LogP contribution is -2.28. The van der Waals surface area contributed by atoms with Gasteiger partial charge < -0.3 is 29.9 Å². The largest absolute Gasteiger partial charge is 0.327 e. The second kappa shape index (κ2) is 11.2. The van der Waals surface area contributed by atoms with E-state index in [4.69, 9.17) is 23.2 Å². The van der Waals surface area contributed by atoms with Gasteiger partial charge in [0.05, 0.1) is 39.4 Å². The van der Waals surface area contributed by atoms with Crippen LogP contribution in [-0.2, 0) is 40.0 Å². The van der Waals surface area contributed by atoms with Gasteiger partial charge in [-0.3, -0.25) is 9.59 Å². The first-order valence-corrected chi connectivity index (χ1v) is 14.3. The van der Waals surface area contributed by atoms with Crippen LogP contribution in [0.1, 0.15) is 44.0 Å². The molecule has 4 aromatic rings. The smallest absolute Gasteiger partial charge is 0.291 e. The number of carbonyl (C=O) groups excluding carboxylic acids is 2. The van der Waals surface area contributed by atoms with Crippen molar-refractivity contribution in [3.63, 3.8) is 0 Å². The Morgan fingerprint density at radius 1 is 0.762 bits per heavy atom. The molecule has 6 rings (SSSR count).